The molecule has 0 aliphatic carbocycles. The molecule has 26 heavy (non-hydrogen) atoms. The van der Waals surface area contributed by atoms with Crippen molar-refractivity contribution in [2.75, 3.05) is 13.1 Å². The predicted molar refractivity (Wildman–Crippen MR) is 99.6 cm³/mol. The van der Waals surface area contributed by atoms with Gasteiger partial charge in [0, 0.05) is 43.5 Å². The Balaban J connectivity index is 1.84. The molecule has 2 aromatic rings. The van der Waals surface area contributed by atoms with Gasteiger partial charge in [-0.3, -0.25) is 19.5 Å². The van der Waals surface area contributed by atoms with Crippen molar-refractivity contribution in [3.05, 3.63) is 55.4 Å². The van der Waals surface area contributed by atoms with E-state index >= 15 is 0 Å². The minimum Gasteiger partial charge on any atom is -0.338 e. The normalized spacial score (nSPS) is 14.4. The number of rotatable bonds is 4. The standard InChI is InChI=1S/C19H26N4O3/c1-12(2)4-8-22-9-5-13(3)16(18(22)25)19(26)23-10-6-14-15(7-11-23)20-21-17(14)24/h5,9,12H,4,6-8,10-11H2,1-3H3,(H2,20,21,24). The minimum atomic E-state index is -0.243. The molecule has 7 nitrogen and oxygen atoms in total. The van der Waals surface area contributed by atoms with E-state index in [1.807, 2.05) is 6.07 Å². The van der Waals surface area contributed by atoms with Gasteiger partial charge in [0.15, 0.2) is 0 Å². The molecule has 0 saturated heterocycles. The molecular formula is C19H26N4O3. The highest BCUT2D eigenvalue weighted by atomic mass is 16.2. The van der Waals surface area contributed by atoms with E-state index in [9.17, 15) is 14.4 Å². The second kappa shape index (κ2) is 7.35. The number of carbonyl (C=O) groups excluding carboxylic acids is 1. The van der Waals surface area contributed by atoms with Crippen LogP contribution in [0, 0.1) is 12.8 Å². The third kappa shape index (κ3) is 3.52. The molecule has 0 atom stereocenters. The van der Waals surface area contributed by atoms with Crippen molar-refractivity contribution in [1.82, 2.24) is 19.7 Å². The summed E-state index contributed by atoms with van der Waals surface area (Å²) in [4.78, 5) is 39.4. The van der Waals surface area contributed by atoms with Gasteiger partial charge >= 0.3 is 0 Å². The number of aryl methyl sites for hydroxylation is 2. The zero-order chi connectivity index (χ0) is 18.8. The van der Waals surface area contributed by atoms with Crippen LogP contribution in [0.3, 0.4) is 0 Å². The molecule has 1 amide bonds. The van der Waals surface area contributed by atoms with Gasteiger partial charge in [-0.15, -0.1) is 0 Å². The number of nitrogens with zero attached hydrogens (tertiary/aromatic N) is 2. The molecule has 3 rings (SSSR count). The van der Waals surface area contributed by atoms with E-state index in [0.29, 0.717) is 49.5 Å². The Labute approximate surface area is 152 Å². The lowest BCUT2D eigenvalue weighted by atomic mass is 10.1. The van der Waals surface area contributed by atoms with Crippen molar-refractivity contribution in [1.29, 1.82) is 0 Å². The molecule has 2 N–H and O–H groups in total. The first-order chi connectivity index (χ1) is 12.4. The van der Waals surface area contributed by atoms with E-state index < -0.39 is 0 Å². The number of nitrogens with one attached hydrogen (secondary N) is 2. The molecule has 0 unspecified atom stereocenters. The highest BCUT2D eigenvalue weighted by Crippen LogP contribution is 2.14. The average molecular weight is 358 g/mol. The molecule has 1 aliphatic rings. The van der Waals surface area contributed by atoms with E-state index in [1.54, 1.807) is 22.6 Å². The Bertz CT molecular complexity index is 920. The third-order valence-corrected chi connectivity index (χ3v) is 5.05. The van der Waals surface area contributed by atoms with Crippen LogP contribution in [0.25, 0.3) is 0 Å². The Kier molecular flexibility index (Phi) is 5.15. The van der Waals surface area contributed by atoms with Crippen LogP contribution in [-0.4, -0.2) is 38.7 Å². The zero-order valence-corrected chi connectivity index (χ0v) is 15.6. The molecule has 0 saturated carbocycles. The number of hydrogen-bond donors (Lipinski definition) is 2. The number of amides is 1. The fourth-order valence-electron chi connectivity index (χ4n) is 3.36. The zero-order valence-electron chi connectivity index (χ0n) is 15.6. The number of H-pyrrole nitrogens is 2. The molecule has 0 radical (unpaired) electrons. The number of carbonyl (C=O) groups is 1. The van der Waals surface area contributed by atoms with Gasteiger partial charge in [-0.05, 0) is 37.3 Å². The summed E-state index contributed by atoms with van der Waals surface area (Å²) in [5.74, 6) is 0.244. The highest BCUT2D eigenvalue weighted by molar-refractivity contribution is 5.95. The maximum Gasteiger partial charge on any atom is 0.267 e. The van der Waals surface area contributed by atoms with Crippen LogP contribution in [-0.2, 0) is 19.4 Å². The van der Waals surface area contributed by atoms with Crippen molar-refractivity contribution in [3.8, 4) is 0 Å². The molecule has 1 aliphatic heterocycles. The van der Waals surface area contributed by atoms with E-state index in [2.05, 4.69) is 24.0 Å². The van der Waals surface area contributed by atoms with Crippen molar-refractivity contribution in [2.45, 2.75) is 46.6 Å². The number of pyridine rings is 1. The average Bonchev–Trinajstić information content (AvgIpc) is 2.81. The number of aromatic amines is 2. The van der Waals surface area contributed by atoms with Gasteiger partial charge in [0.1, 0.15) is 5.56 Å². The topological polar surface area (TPSA) is 91.0 Å². The van der Waals surface area contributed by atoms with Gasteiger partial charge in [-0.25, -0.2) is 0 Å². The van der Waals surface area contributed by atoms with Crippen LogP contribution in [0.4, 0.5) is 0 Å². The number of aromatic nitrogens is 3. The predicted octanol–water partition coefficient (Wildman–Crippen LogP) is 1.46. The monoisotopic (exact) mass is 358 g/mol. The molecule has 3 heterocycles. The highest BCUT2D eigenvalue weighted by Gasteiger charge is 2.25. The molecule has 0 spiro atoms. The Morgan fingerprint density at radius 3 is 2.65 bits per heavy atom. The second-order valence-electron chi connectivity index (χ2n) is 7.38. The Morgan fingerprint density at radius 1 is 1.19 bits per heavy atom. The van der Waals surface area contributed by atoms with E-state index in [4.69, 9.17) is 0 Å². The summed E-state index contributed by atoms with van der Waals surface area (Å²) in [5.41, 5.74) is 2.15. The first kappa shape index (κ1) is 18.2. The summed E-state index contributed by atoms with van der Waals surface area (Å²) in [7, 11) is 0. The lowest BCUT2D eigenvalue weighted by molar-refractivity contribution is 0.0759. The summed E-state index contributed by atoms with van der Waals surface area (Å²) >= 11 is 0. The quantitative estimate of drug-likeness (QED) is 0.867. The maximum atomic E-state index is 13.1. The smallest absolute Gasteiger partial charge is 0.267 e. The lowest BCUT2D eigenvalue weighted by Gasteiger charge is -2.21. The first-order valence-corrected chi connectivity index (χ1v) is 9.16. The molecular weight excluding hydrogens is 332 g/mol. The molecule has 0 aromatic carbocycles. The van der Waals surface area contributed by atoms with Crippen LogP contribution in [0.1, 0.15) is 47.4 Å². The number of hydrogen-bond acceptors (Lipinski definition) is 3. The SMILES string of the molecule is Cc1ccn(CCC(C)C)c(=O)c1C(=O)N1CCc2[nH][nH]c(=O)c2CC1. The molecule has 7 heteroatoms. The van der Waals surface area contributed by atoms with Crippen molar-refractivity contribution in [3.63, 3.8) is 0 Å². The number of fused-ring (bicyclic) bond motifs is 1. The minimum absolute atomic E-state index is 0.124. The third-order valence-electron chi connectivity index (χ3n) is 5.05. The fourth-order valence-corrected chi connectivity index (χ4v) is 3.36. The van der Waals surface area contributed by atoms with Crippen molar-refractivity contribution >= 4 is 5.91 Å². The molecule has 0 bridgehead atoms. The van der Waals surface area contributed by atoms with Crippen LogP contribution >= 0.6 is 0 Å². The van der Waals surface area contributed by atoms with Gasteiger partial charge < -0.3 is 14.6 Å². The maximum absolute atomic E-state index is 13.1. The van der Waals surface area contributed by atoms with Crippen LogP contribution in [0.2, 0.25) is 0 Å². The Hall–Kier alpha value is -2.57. The van der Waals surface area contributed by atoms with Crippen LogP contribution in [0.15, 0.2) is 21.9 Å². The van der Waals surface area contributed by atoms with Gasteiger partial charge in [0.2, 0.25) is 0 Å². The fraction of sp³-hybridized carbons (Fsp3) is 0.526. The summed E-state index contributed by atoms with van der Waals surface area (Å²) < 4.78 is 1.63. The lowest BCUT2D eigenvalue weighted by Crippen LogP contribution is -2.39. The molecule has 2 aromatic heterocycles. The largest absolute Gasteiger partial charge is 0.338 e. The summed E-state index contributed by atoms with van der Waals surface area (Å²) in [6.07, 6.45) is 3.72. The molecule has 0 fully saturated rings. The van der Waals surface area contributed by atoms with Gasteiger partial charge in [-0.1, -0.05) is 13.8 Å². The molecule has 140 valence electrons. The van der Waals surface area contributed by atoms with Gasteiger partial charge in [0.25, 0.3) is 17.0 Å². The van der Waals surface area contributed by atoms with Gasteiger partial charge in [0.05, 0.1) is 0 Å². The first-order valence-electron chi connectivity index (χ1n) is 9.16. The summed E-state index contributed by atoms with van der Waals surface area (Å²) in [5, 5.41) is 5.48. The second-order valence-corrected chi connectivity index (χ2v) is 7.38. The Morgan fingerprint density at radius 2 is 1.92 bits per heavy atom. The van der Waals surface area contributed by atoms with E-state index in [1.165, 1.54) is 0 Å². The van der Waals surface area contributed by atoms with E-state index in [0.717, 1.165) is 12.1 Å². The van der Waals surface area contributed by atoms with Gasteiger partial charge in [-0.2, -0.15) is 0 Å². The van der Waals surface area contributed by atoms with Crippen LogP contribution in [0.5, 0.6) is 0 Å². The van der Waals surface area contributed by atoms with E-state index in [-0.39, 0.29) is 22.6 Å². The van der Waals surface area contributed by atoms with Crippen molar-refractivity contribution < 1.29 is 4.79 Å². The van der Waals surface area contributed by atoms with Crippen molar-refractivity contribution in [2.24, 2.45) is 5.92 Å². The summed E-state index contributed by atoms with van der Waals surface area (Å²) in [6.45, 7) is 7.55. The van der Waals surface area contributed by atoms with Crippen LogP contribution < -0.4 is 11.1 Å². The summed E-state index contributed by atoms with van der Waals surface area (Å²) in [6, 6.07) is 1.83.